The lowest BCUT2D eigenvalue weighted by molar-refractivity contribution is -0.342. The molecule has 1 aliphatic carbocycles. The Kier molecular flexibility index (Phi) is 5.82. The zero-order valence-corrected chi connectivity index (χ0v) is 13.9. The van der Waals surface area contributed by atoms with Crippen molar-refractivity contribution in [3.05, 3.63) is 11.8 Å². The van der Waals surface area contributed by atoms with Gasteiger partial charge in [0.25, 0.3) is 0 Å². The highest BCUT2D eigenvalue weighted by atomic mass is 16.8. The highest BCUT2D eigenvalue weighted by molar-refractivity contribution is 5.87. The van der Waals surface area contributed by atoms with E-state index in [1.165, 1.54) is 0 Å². The lowest BCUT2D eigenvalue weighted by Crippen LogP contribution is -2.60. The molecule has 0 aromatic heterocycles. The van der Waals surface area contributed by atoms with E-state index in [0.29, 0.717) is 12.8 Å². The summed E-state index contributed by atoms with van der Waals surface area (Å²) in [6.45, 7) is -0.767. The second-order valence-electron chi connectivity index (χ2n) is 6.92. The fraction of sp³-hybridized carbons (Fsp3) is 0.812. The molecule has 9 atom stereocenters. The average molecular weight is 376 g/mol. The number of aliphatic carboxylic acids is 1. The van der Waals surface area contributed by atoms with Gasteiger partial charge < -0.3 is 44.8 Å². The quantitative estimate of drug-likeness (QED) is 0.309. The molecule has 3 rings (SSSR count). The molecular formula is C16H24O10. The number of hydrogen-bond donors (Lipinski definition) is 6. The molecule has 10 nitrogen and oxygen atoms in total. The number of aliphatic hydroxyl groups excluding tert-OH is 5. The van der Waals surface area contributed by atoms with Gasteiger partial charge in [-0.25, -0.2) is 4.79 Å². The van der Waals surface area contributed by atoms with E-state index in [0.717, 1.165) is 6.26 Å². The van der Waals surface area contributed by atoms with Crippen LogP contribution in [0.3, 0.4) is 0 Å². The zero-order chi connectivity index (χ0) is 19.0. The first-order valence-electron chi connectivity index (χ1n) is 8.54. The van der Waals surface area contributed by atoms with Crippen molar-refractivity contribution in [2.75, 3.05) is 13.2 Å². The van der Waals surface area contributed by atoms with Crippen LogP contribution in [0, 0.1) is 17.8 Å². The van der Waals surface area contributed by atoms with Gasteiger partial charge in [0.05, 0.1) is 18.4 Å². The van der Waals surface area contributed by atoms with Crippen molar-refractivity contribution in [2.45, 2.75) is 49.8 Å². The molecule has 0 radical (unpaired) electrons. The van der Waals surface area contributed by atoms with Crippen LogP contribution in [0.1, 0.15) is 12.8 Å². The molecule has 0 bridgehead atoms. The molecule has 0 spiro atoms. The third kappa shape index (κ3) is 3.33. The van der Waals surface area contributed by atoms with Crippen LogP contribution in [0.2, 0.25) is 0 Å². The van der Waals surface area contributed by atoms with E-state index >= 15 is 0 Å². The summed E-state index contributed by atoms with van der Waals surface area (Å²) in [6, 6.07) is 0. The van der Waals surface area contributed by atoms with E-state index in [4.69, 9.17) is 14.2 Å². The molecule has 1 unspecified atom stereocenters. The predicted octanol–water partition coefficient (Wildman–Crippen LogP) is -2.24. The second kappa shape index (κ2) is 7.77. The lowest BCUT2D eigenvalue weighted by atomic mass is 9.83. The Morgan fingerprint density at radius 2 is 1.81 bits per heavy atom. The van der Waals surface area contributed by atoms with Gasteiger partial charge in [-0.1, -0.05) is 0 Å². The maximum Gasteiger partial charge on any atom is 0.334 e. The number of ether oxygens (including phenoxy) is 3. The number of hydrogen-bond acceptors (Lipinski definition) is 9. The summed E-state index contributed by atoms with van der Waals surface area (Å²) in [7, 11) is 0. The highest BCUT2D eigenvalue weighted by Gasteiger charge is 2.51. The molecule has 148 valence electrons. The van der Waals surface area contributed by atoms with Crippen molar-refractivity contribution in [2.24, 2.45) is 17.8 Å². The second-order valence-corrected chi connectivity index (χ2v) is 6.92. The van der Waals surface area contributed by atoms with E-state index < -0.39 is 55.5 Å². The summed E-state index contributed by atoms with van der Waals surface area (Å²) < 4.78 is 16.4. The largest absolute Gasteiger partial charge is 0.478 e. The fourth-order valence-corrected chi connectivity index (χ4v) is 4.06. The van der Waals surface area contributed by atoms with Crippen LogP contribution in [0.5, 0.6) is 0 Å². The minimum absolute atomic E-state index is 0.0969. The maximum atomic E-state index is 11.4. The molecule has 10 heteroatoms. The van der Waals surface area contributed by atoms with E-state index in [1.54, 1.807) is 0 Å². The van der Waals surface area contributed by atoms with Crippen molar-refractivity contribution in [1.82, 2.24) is 0 Å². The van der Waals surface area contributed by atoms with E-state index in [2.05, 4.69) is 0 Å². The predicted molar refractivity (Wildman–Crippen MR) is 82.2 cm³/mol. The normalized spacial score (nSPS) is 45.6. The summed E-state index contributed by atoms with van der Waals surface area (Å²) in [5.41, 5.74) is 0.0969. The number of aliphatic hydroxyl groups is 5. The van der Waals surface area contributed by atoms with Crippen molar-refractivity contribution in [3.8, 4) is 0 Å². The Morgan fingerprint density at radius 1 is 1.08 bits per heavy atom. The average Bonchev–Trinajstić information content (AvgIpc) is 3.06. The molecule has 0 aromatic rings. The summed E-state index contributed by atoms with van der Waals surface area (Å²) in [5, 5.41) is 57.9. The van der Waals surface area contributed by atoms with Gasteiger partial charge in [0.1, 0.15) is 24.4 Å². The van der Waals surface area contributed by atoms with Crippen molar-refractivity contribution >= 4 is 5.97 Å². The van der Waals surface area contributed by atoms with Gasteiger partial charge in [0.15, 0.2) is 6.29 Å². The Labute approximate surface area is 149 Å². The lowest BCUT2D eigenvalue weighted by Gasteiger charge is -2.43. The van der Waals surface area contributed by atoms with Crippen LogP contribution in [-0.4, -0.2) is 86.8 Å². The number of carbonyl (C=O) groups is 1. The van der Waals surface area contributed by atoms with Gasteiger partial charge in [0, 0.05) is 18.4 Å². The molecule has 2 fully saturated rings. The molecule has 0 amide bonds. The Hall–Kier alpha value is -1.27. The summed E-state index contributed by atoms with van der Waals surface area (Å²) in [4.78, 5) is 11.4. The standard InChI is InChI=1S/C16H24O10/c17-3-6-1-2-7-8(14(22)23)5-24-15(10(6)7)26-16-13(21)12(20)11(19)9(4-18)25-16/h5-7,9-13,15-21H,1-4H2,(H,22,23)/t6?,7-,9-,10-,11-,12+,13-,15+,16+/m1/s1. The van der Waals surface area contributed by atoms with Gasteiger partial charge in [-0.3, -0.25) is 0 Å². The Bertz CT molecular complexity index is 549. The van der Waals surface area contributed by atoms with E-state index in [1.807, 2.05) is 0 Å². The monoisotopic (exact) mass is 376 g/mol. The molecular weight excluding hydrogens is 352 g/mol. The van der Waals surface area contributed by atoms with Gasteiger partial charge in [0.2, 0.25) is 6.29 Å². The maximum absolute atomic E-state index is 11.4. The first-order valence-corrected chi connectivity index (χ1v) is 8.54. The van der Waals surface area contributed by atoms with Crippen LogP contribution in [0.15, 0.2) is 11.8 Å². The van der Waals surface area contributed by atoms with E-state index in [9.17, 15) is 35.4 Å². The van der Waals surface area contributed by atoms with Crippen LogP contribution < -0.4 is 0 Å². The molecule has 2 aliphatic heterocycles. The summed E-state index contributed by atoms with van der Waals surface area (Å²) in [5.74, 6) is -2.21. The Balaban J connectivity index is 1.79. The third-order valence-electron chi connectivity index (χ3n) is 5.50. The fourth-order valence-electron chi connectivity index (χ4n) is 4.06. The van der Waals surface area contributed by atoms with E-state index in [-0.39, 0.29) is 24.0 Å². The summed E-state index contributed by atoms with van der Waals surface area (Å²) in [6.07, 6.45) is -5.98. The minimum Gasteiger partial charge on any atom is -0.478 e. The number of carboxylic acids is 1. The van der Waals surface area contributed by atoms with Gasteiger partial charge >= 0.3 is 5.97 Å². The van der Waals surface area contributed by atoms with Crippen LogP contribution in [-0.2, 0) is 19.0 Å². The molecule has 3 aliphatic rings. The summed E-state index contributed by atoms with van der Waals surface area (Å²) >= 11 is 0. The molecule has 1 saturated carbocycles. The van der Waals surface area contributed by atoms with Crippen LogP contribution >= 0.6 is 0 Å². The highest BCUT2D eigenvalue weighted by Crippen LogP contribution is 2.47. The van der Waals surface area contributed by atoms with Crippen molar-refractivity contribution < 1.29 is 49.6 Å². The molecule has 1 saturated heterocycles. The van der Waals surface area contributed by atoms with Gasteiger partial charge in [-0.15, -0.1) is 0 Å². The first-order chi connectivity index (χ1) is 12.4. The van der Waals surface area contributed by atoms with Crippen LogP contribution in [0.25, 0.3) is 0 Å². The minimum atomic E-state index is -1.59. The smallest absolute Gasteiger partial charge is 0.334 e. The van der Waals surface area contributed by atoms with Gasteiger partial charge in [-0.2, -0.15) is 0 Å². The topological polar surface area (TPSA) is 166 Å². The van der Waals surface area contributed by atoms with Crippen molar-refractivity contribution in [1.29, 1.82) is 0 Å². The molecule has 2 heterocycles. The molecule has 0 aromatic carbocycles. The number of carboxylic acid groups (broad SMARTS) is 1. The first kappa shape index (κ1) is 19.5. The third-order valence-corrected chi connectivity index (χ3v) is 5.50. The number of rotatable bonds is 5. The SMILES string of the molecule is O=C(O)C1=CO[C@@H](O[C@@H]2O[C@H](CO)[C@@H](O)[C@H](O)[C@H]2O)[C@@H]2C(CO)CC[C@H]12. The van der Waals surface area contributed by atoms with Crippen LogP contribution in [0.4, 0.5) is 0 Å². The number of fused-ring (bicyclic) bond motifs is 1. The molecule has 26 heavy (non-hydrogen) atoms. The van der Waals surface area contributed by atoms with Gasteiger partial charge in [-0.05, 0) is 18.8 Å². The Morgan fingerprint density at radius 3 is 2.42 bits per heavy atom. The zero-order valence-electron chi connectivity index (χ0n) is 13.9. The van der Waals surface area contributed by atoms with Crippen molar-refractivity contribution in [3.63, 3.8) is 0 Å². The molecule has 6 N–H and O–H groups in total.